The van der Waals surface area contributed by atoms with Gasteiger partial charge in [-0.15, -0.1) is 0 Å². The summed E-state index contributed by atoms with van der Waals surface area (Å²) in [7, 11) is 0. The molecule has 0 amide bonds. The number of piperidine rings is 3. The Hall–Kier alpha value is -1.08. The molecule has 0 saturated carbocycles. The van der Waals surface area contributed by atoms with Crippen molar-refractivity contribution in [1.29, 1.82) is 0 Å². The first-order valence-corrected chi connectivity index (χ1v) is 6.01. The molecule has 3 heterocycles. The molecule has 2 bridgehead atoms. The molecule has 0 radical (unpaired) electrons. The second-order valence-corrected chi connectivity index (χ2v) is 4.83. The highest BCUT2D eigenvalue weighted by Gasteiger charge is 2.32. The van der Waals surface area contributed by atoms with E-state index in [9.17, 15) is 0 Å². The Kier molecular flexibility index (Phi) is 2.34. The Labute approximate surface area is 91.4 Å². The van der Waals surface area contributed by atoms with E-state index in [-0.39, 0.29) is 0 Å². The lowest BCUT2D eigenvalue weighted by atomic mass is 9.83. The summed E-state index contributed by atoms with van der Waals surface area (Å²) < 4.78 is 0. The van der Waals surface area contributed by atoms with E-state index in [2.05, 4.69) is 36.4 Å². The van der Waals surface area contributed by atoms with E-state index in [1.54, 1.807) is 10.5 Å². The lowest BCUT2D eigenvalue weighted by Crippen LogP contribution is -3.15. The van der Waals surface area contributed by atoms with E-state index in [0.29, 0.717) is 0 Å². The molecule has 3 saturated heterocycles. The molecule has 78 valence electrons. The van der Waals surface area contributed by atoms with Gasteiger partial charge in [0.05, 0.1) is 19.6 Å². The van der Waals surface area contributed by atoms with E-state index < -0.39 is 0 Å². The lowest BCUT2D eigenvalue weighted by molar-refractivity contribution is -0.908. The van der Waals surface area contributed by atoms with Crippen molar-refractivity contribution in [2.75, 3.05) is 19.6 Å². The number of rotatable bonds is 1. The normalized spacial score (nSPS) is 32.1. The van der Waals surface area contributed by atoms with Crippen molar-refractivity contribution in [3.8, 4) is 0 Å². The maximum absolute atomic E-state index is 2.42. The second-order valence-electron chi connectivity index (χ2n) is 4.83. The standard InChI is InChI=1S/C14H17N/c1-2-4-12(5-3-1)10-14-11-15-8-6-13(14)7-9-15/h1-5,10,13H,6-9,11H2/p+1/b14-10-. The van der Waals surface area contributed by atoms with Gasteiger partial charge < -0.3 is 4.90 Å². The van der Waals surface area contributed by atoms with E-state index in [0.717, 1.165) is 5.92 Å². The molecule has 0 aliphatic carbocycles. The van der Waals surface area contributed by atoms with Crippen molar-refractivity contribution in [1.82, 2.24) is 0 Å². The lowest BCUT2D eigenvalue weighted by Gasteiger charge is -2.38. The van der Waals surface area contributed by atoms with Gasteiger partial charge in [-0.05, 0) is 23.1 Å². The van der Waals surface area contributed by atoms with Gasteiger partial charge in [-0.1, -0.05) is 30.3 Å². The molecule has 1 heteroatoms. The van der Waals surface area contributed by atoms with Crippen molar-refractivity contribution in [3.63, 3.8) is 0 Å². The van der Waals surface area contributed by atoms with Crippen LogP contribution >= 0.6 is 0 Å². The first kappa shape index (κ1) is 9.17. The molecule has 4 rings (SSSR count). The van der Waals surface area contributed by atoms with Gasteiger partial charge in [0.25, 0.3) is 0 Å². The van der Waals surface area contributed by atoms with Gasteiger partial charge in [-0.3, -0.25) is 0 Å². The zero-order valence-corrected chi connectivity index (χ0v) is 9.08. The van der Waals surface area contributed by atoms with Crippen molar-refractivity contribution in [2.45, 2.75) is 12.8 Å². The Bertz CT molecular complexity index is 358. The smallest absolute Gasteiger partial charge is 0.0993 e. The van der Waals surface area contributed by atoms with E-state index in [4.69, 9.17) is 0 Å². The Morgan fingerprint density at radius 2 is 1.80 bits per heavy atom. The monoisotopic (exact) mass is 200 g/mol. The van der Waals surface area contributed by atoms with Crippen molar-refractivity contribution in [3.05, 3.63) is 41.5 Å². The molecule has 1 N–H and O–H groups in total. The maximum atomic E-state index is 2.42. The molecule has 1 aromatic rings. The molecule has 3 fully saturated rings. The van der Waals surface area contributed by atoms with Gasteiger partial charge in [-0.2, -0.15) is 0 Å². The number of fused-ring (bicyclic) bond motifs is 3. The average molecular weight is 200 g/mol. The Morgan fingerprint density at radius 1 is 1.07 bits per heavy atom. The van der Waals surface area contributed by atoms with Gasteiger partial charge in [0.1, 0.15) is 0 Å². The zero-order valence-electron chi connectivity index (χ0n) is 9.08. The topological polar surface area (TPSA) is 4.44 Å². The average Bonchev–Trinajstić information content (AvgIpc) is 2.32. The first-order valence-electron chi connectivity index (χ1n) is 6.01. The summed E-state index contributed by atoms with van der Waals surface area (Å²) in [5.41, 5.74) is 3.06. The van der Waals surface area contributed by atoms with Crippen LogP contribution in [0.4, 0.5) is 0 Å². The molecular weight excluding hydrogens is 182 g/mol. The van der Waals surface area contributed by atoms with E-state index >= 15 is 0 Å². The van der Waals surface area contributed by atoms with Crippen LogP contribution in [-0.2, 0) is 0 Å². The molecule has 0 atom stereocenters. The van der Waals surface area contributed by atoms with Gasteiger partial charge in [0.2, 0.25) is 0 Å². The van der Waals surface area contributed by atoms with Crippen LogP contribution in [0.1, 0.15) is 18.4 Å². The Balaban J connectivity index is 1.85. The summed E-state index contributed by atoms with van der Waals surface area (Å²) in [6.45, 7) is 4.09. The SMILES string of the molecule is C(=C1\C[NH+]2CCC1CC2)/c1ccccc1. The number of benzene rings is 1. The first-order chi connectivity index (χ1) is 7.42. The maximum Gasteiger partial charge on any atom is 0.0993 e. The highest BCUT2D eigenvalue weighted by molar-refractivity contribution is 5.53. The molecule has 15 heavy (non-hydrogen) atoms. The summed E-state index contributed by atoms with van der Waals surface area (Å²) in [4.78, 5) is 1.79. The third-order valence-electron chi connectivity index (χ3n) is 3.82. The fourth-order valence-corrected chi connectivity index (χ4v) is 2.94. The van der Waals surface area contributed by atoms with Crippen LogP contribution in [0.25, 0.3) is 6.08 Å². The predicted octanol–water partition coefficient (Wildman–Crippen LogP) is 1.38. The van der Waals surface area contributed by atoms with Crippen LogP contribution in [0.5, 0.6) is 0 Å². The number of nitrogens with one attached hydrogen (secondary N) is 1. The van der Waals surface area contributed by atoms with Crippen LogP contribution in [0.2, 0.25) is 0 Å². The summed E-state index contributed by atoms with van der Waals surface area (Å²) in [5.74, 6) is 0.891. The fourth-order valence-electron chi connectivity index (χ4n) is 2.94. The van der Waals surface area contributed by atoms with Gasteiger partial charge >= 0.3 is 0 Å². The number of hydrogen-bond donors (Lipinski definition) is 1. The van der Waals surface area contributed by atoms with Crippen LogP contribution in [-0.4, -0.2) is 19.6 Å². The highest BCUT2D eigenvalue weighted by atomic mass is 15.1. The van der Waals surface area contributed by atoms with Gasteiger partial charge in [0.15, 0.2) is 0 Å². The molecule has 1 nitrogen and oxygen atoms in total. The van der Waals surface area contributed by atoms with Crippen LogP contribution in [0.15, 0.2) is 35.9 Å². The summed E-state index contributed by atoms with van der Waals surface area (Å²) in [6, 6.07) is 10.8. The zero-order chi connectivity index (χ0) is 10.1. The summed E-state index contributed by atoms with van der Waals surface area (Å²) >= 11 is 0. The van der Waals surface area contributed by atoms with Crippen LogP contribution < -0.4 is 4.90 Å². The summed E-state index contributed by atoms with van der Waals surface area (Å²) in [5, 5.41) is 0. The minimum atomic E-state index is 0.891. The largest absolute Gasteiger partial charge is 0.331 e. The van der Waals surface area contributed by atoms with Gasteiger partial charge in [-0.25, -0.2) is 0 Å². The number of quaternary nitrogens is 1. The molecule has 1 aromatic carbocycles. The molecule has 0 unspecified atom stereocenters. The highest BCUT2D eigenvalue weighted by Crippen LogP contribution is 2.25. The Morgan fingerprint density at radius 3 is 2.40 bits per heavy atom. The van der Waals surface area contributed by atoms with Crippen molar-refractivity contribution >= 4 is 6.08 Å². The minimum absolute atomic E-state index is 0.891. The van der Waals surface area contributed by atoms with Crippen LogP contribution in [0.3, 0.4) is 0 Å². The molecule has 3 aliphatic rings. The minimum Gasteiger partial charge on any atom is -0.331 e. The van der Waals surface area contributed by atoms with Crippen molar-refractivity contribution < 1.29 is 4.90 Å². The predicted molar refractivity (Wildman–Crippen MR) is 62.7 cm³/mol. The fraction of sp³-hybridized carbons (Fsp3) is 0.429. The van der Waals surface area contributed by atoms with Crippen molar-refractivity contribution in [2.24, 2.45) is 5.92 Å². The molecule has 3 aliphatic heterocycles. The van der Waals surface area contributed by atoms with Gasteiger partial charge in [0, 0.05) is 12.8 Å². The van der Waals surface area contributed by atoms with E-state index in [1.165, 1.54) is 38.0 Å². The number of hydrogen-bond acceptors (Lipinski definition) is 0. The quantitative estimate of drug-likeness (QED) is 0.698. The van der Waals surface area contributed by atoms with Crippen LogP contribution in [0, 0.1) is 5.92 Å². The third kappa shape index (κ3) is 1.84. The van der Waals surface area contributed by atoms with E-state index in [1.807, 2.05) is 0 Å². The summed E-state index contributed by atoms with van der Waals surface area (Å²) in [6.07, 6.45) is 5.24. The molecule has 0 aromatic heterocycles. The molecule has 0 spiro atoms. The second kappa shape index (κ2) is 3.82. The third-order valence-corrected chi connectivity index (χ3v) is 3.82. The molecular formula is C14H18N+.